The van der Waals surface area contributed by atoms with E-state index in [0.29, 0.717) is 29.1 Å². The summed E-state index contributed by atoms with van der Waals surface area (Å²) < 4.78 is 27.9. The highest BCUT2D eigenvalue weighted by Gasteiger charge is 2.18. The zero-order valence-corrected chi connectivity index (χ0v) is 14.2. The third-order valence-electron chi connectivity index (χ3n) is 4.29. The maximum absolute atomic E-state index is 13.3. The van der Waals surface area contributed by atoms with E-state index in [-0.39, 0.29) is 17.2 Å². The van der Waals surface area contributed by atoms with Crippen LogP contribution in [0.25, 0.3) is 17.1 Å². The Morgan fingerprint density at radius 1 is 0.889 bits per heavy atom. The van der Waals surface area contributed by atoms with Gasteiger partial charge in [0.15, 0.2) is 5.82 Å². The van der Waals surface area contributed by atoms with E-state index in [9.17, 15) is 13.6 Å². The normalized spacial score (nSPS) is 10.9. The first-order chi connectivity index (χ1) is 13.1. The van der Waals surface area contributed by atoms with E-state index in [1.807, 2.05) is 0 Å². The lowest BCUT2D eigenvalue weighted by Crippen LogP contribution is -2.18. The maximum atomic E-state index is 13.3. The fraction of sp³-hybridized carbons (Fsp3) is 0.0476. The molecule has 0 aliphatic rings. The molecular weight excluding hydrogens is 348 g/mol. The van der Waals surface area contributed by atoms with E-state index >= 15 is 0 Å². The second-order valence-corrected chi connectivity index (χ2v) is 6.10. The Morgan fingerprint density at radius 2 is 1.56 bits per heavy atom. The summed E-state index contributed by atoms with van der Waals surface area (Å²) >= 11 is 0. The van der Waals surface area contributed by atoms with Crippen LogP contribution < -0.4 is 5.56 Å². The van der Waals surface area contributed by atoms with E-state index in [2.05, 4.69) is 10.1 Å². The van der Waals surface area contributed by atoms with Gasteiger partial charge in [-0.2, -0.15) is 0 Å². The lowest BCUT2D eigenvalue weighted by atomic mass is 10.0. The first-order valence-corrected chi connectivity index (χ1v) is 8.37. The first-order valence-electron chi connectivity index (χ1n) is 8.37. The van der Waals surface area contributed by atoms with Crippen LogP contribution in [0.15, 0.2) is 77.7 Å². The minimum Gasteiger partial charge on any atom is -0.289 e. The van der Waals surface area contributed by atoms with Gasteiger partial charge >= 0.3 is 0 Å². The summed E-state index contributed by atoms with van der Waals surface area (Å²) in [5.74, 6) is -0.237. The molecule has 2 aromatic carbocycles. The minimum atomic E-state index is -0.356. The SMILES string of the molecule is O=c1c(Cc2ccc(F)cc2)c(-c2ccc(F)cc2)[nH]n1-c1ccccn1. The number of nitrogens with one attached hydrogen (secondary N) is 1. The van der Waals surface area contributed by atoms with Crippen molar-refractivity contribution in [1.29, 1.82) is 0 Å². The lowest BCUT2D eigenvalue weighted by molar-refractivity contribution is 0.627. The van der Waals surface area contributed by atoms with Crippen molar-refractivity contribution >= 4 is 0 Å². The maximum Gasteiger partial charge on any atom is 0.276 e. The van der Waals surface area contributed by atoms with Gasteiger partial charge in [0.1, 0.15) is 11.6 Å². The summed E-state index contributed by atoms with van der Waals surface area (Å²) in [4.78, 5) is 17.3. The van der Waals surface area contributed by atoms with Crippen LogP contribution in [0.2, 0.25) is 0 Å². The predicted octanol–water partition coefficient (Wildman–Crippen LogP) is 4.10. The largest absolute Gasteiger partial charge is 0.289 e. The highest BCUT2D eigenvalue weighted by atomic mass is 19.1. The number of hydrogen-bond acceptors (Lipinski definition) is 2. The lowest BCUT2D eigenvalue weighted by Gasteiger charge is -2.03. The average molecular weight is 363 g/mol. The molecule has 2 heterocycles. The number of nitrogens with zero attached hydrogens (tertiary/aromatic N) is 2. The van der Waals surface area contributed by atoms with Gasteiger partial charge in [-0.25, -0.2) is 18.4 Å². The van der Waals surface area contributed by atoms with Crippen molar-refractivity contribution in [2.75, 3.05) is 0 Å². The summed E-state index contributed by atoms with van der Waals surface area (Å²) in [7, 11) is 0. The van der Waals surface area contributed by atoms with E-state index < -0.39 is 0 Å². The Hall–Kier alpha value is -3.54. The molecular formula is C21H15F2N3O. The fourth-order valence-corrected chi connectivity index (χ4v) is 2.94. The molecule has 0 aliphatic carbocycles. The molecule has 134 valence electrons. The predicted molar refractivity (Wildman–Crippen MR) is 98.8 cm³/mol. The molecule has 27 heavy (non-hydrogen) atoms. The Labute approximate surface area is 153 Å². The van der Waals surface area contributed by atoms with Crippen LogP contribution in [-0.2, 0) is 6.42 Å². The highest BCUT2D eigenvalue weighted by molar-refractivity contribution is 5.63. The van der Waals surface area contributed by atoms with Gasteiger partial charge < -0.3 is 0 Å². The molecule has 0 spiro atoms. The van der Waals surface area contributed by atoms with E-state index in [4.69, 9.17) is 0 Å². The molecule has 6 heteroatoms. The Kier molecular flexibility index (Phi) is 4.38. The number of rotatable bonds is 4. The van der Waals surface area contributed by atoms with Gasteiger partial charge in [-0.1, -0.05) is 18.2 Å². The van der Waals surface area contributed by atoms with Crippen LogP contribution in [0, 0.1) is 11.6 Å². The van der Waals surface area contributed by atoms with Crippen molar-refractivity contribution in [3.05, 3.63) is 106 Å². The average Bonchev–Trinajstić information content (AvgIpc) is 3.01. The van der Waals surface area contributed by atoms with Crippen LogP contribution in [0.1, 0.15) is 11.1 Å². The van der Waals surface area contributed by atoms with Gasteiger partial charge in [0.2, 0.25) is 0 Å². The molecule has 2 aromatic heterocycles. The summed E-state index contributed by atoms with van der Waals surface area (Å²) in [6.07, 6.45) is 1.90. The summed E-state index contributed by atoms with van der Waals surface area (Å²) in [6, 6.07) is 17.2. The summed E-state index contributed by atoms with van der Waals surface area (Å²) in [5, 5.41) is 3.08. The zero-order valence-electron chi connectivity index (χ0n) is 14.2. The van der Waals surface area contributed by atoms with Crippen molar-refractivity contribution in [2.45, 2.75) is 6.42 Å². The highest BCUT2D eigenvalue weighted by Crippen LogP contribution is 2.23. The Balaban J connectivity index is 1.86. The van der Waals surface area contributed by atoms with E-state index in [1.165, 1.54) is 28.9 Å². The number of halogens is 2. The zero-order chi connectivity index (χ0) is 18.8. The van der Waals surface area contributed by atoms with Crippen molar-refractivity contribution in [1.82, 2.24) is 14.8 Å². The van der Waals surface area contributed by atoms with E-state index in [0.717, 1.165) is 5.56 Å². The Morgan fingerprint density at radius 3 is 2.19 bits per heavy atom. The monoisotopic (exact) mass is 363 g/mol. The molecule has 0 bridgehead atoms. The van der Waals surface area contributed by atoms with Gasteiger partial charge in [0, 0.05) is 23.7 Å². The van der Waals surface area contributed by atoms with Crippen molar-refractivity contribution in [3.63, 3.8) is 0 Å². The molecule has 0 fully saturated rings. The second kappa shape index (κ2) is 6.99. The molecule has 0 unspecified atom stereocenters. The minimum absolute atomic E-state index is 0.252. The van der Waals surface area contributed by atoms with Gasteiger partial charge in [0.25, 0.3) is 5.56 Å². The van der Waals surface area contributed by atoms with Crippen LogP contribution in [0.4, 0.5) is 8.78 Å². The molecule has 0 saturated heterocycles. The summed E-state index contributed by atoms with van der Waals surface area (Å²) in [5.41, 5.74) is 2.30. The number of H-pyrrole nitrogens is 1. The number of pyridine rings is 1. The first kappa shape index (κ1) is 16.9. The van der Waals surface area contributed by atoms with Crippen molar-refractivity contribution in [2.24, 2.45) is 0 Å². The molecule has 1 N–H and O–H groups in total. The van der Waals surface area contributed by atoms with Crippen LogP contribution in [-0.4, -0.2) is 14.8 Å². The van der Waals surface area contributed by atoms with E-state index in [1.54, 1.807) is 48.7 Å². The third-order valence-corrected chi connectivity index (χ3v) is 4.29. The summed E-state index contributed by atoms with van der Waals surface area (Å²) in [6.45, 7) is 0. The van der Waals surface area contributed by atoms with Crippen LogP contribution in [0.3, 0.4) is 0 Å². The third kappa shape index (κ3) is 3.42. The van der Waals surface area contributed by atoms with Crippen molar-refractivity contribution < 1.29 is 8.78 Å². The molecule has 0 atom stereocenters. The quantitative estimate of drug-likeness (QED) is 0.594. The van der Waals surface area contributed by atoms with Crippen LogP contribution >= 0.6 is 0 Å². The number of benzene rings is 2. The smallest absolute Gasteiger partial charge is 0.276 e. The van der Waals surface area contributed by atoms with Gasteiger partial charge in [0.05, 0.1) is 5.69 Å². The van der Waals surface area contributed by atoms with Gasteiger partial charge in [-0.05, 0) is 54.1 Å². The molecule has 0 radical (unpaired) electrons. The second-order valence-electron chi connectivity index (χ2n) is 6.10. The molecule has 0 aliphatic heterocycles. The number of aromatic amines is 1. The van der Waals surface area contributed by atoms with Gasteiger partial charge in [-0.3, -0.25) is 9.89 Å². The molecule has 4 aromatic rings. The Bertz CT molecular complexity index is 1120. The topological polar surface area (TPSA) is 50.7 Å². The molecule has 4 rings (SSSR count). The standard InChI is InChI=1S/C21H15F2N3O/c22-16-8-4-14(5-9-16)13-18-20(15-6-10-17(23)11-7-15)25-26(21(18)27)19-3-1-2-12-24-19/h1-12,25H,13H2. The molecule has 0 saturated carbocycles. The number of hydrogen-bond donors (Lipinski definition) is 1. The molecule has 0 amide bonds. The molecule has 4 nitrogen and oxygen atoms in total. The van der Waals surface area contributed by atoms with Crippen molar-refractivity contribution in [3.8, 4) is 17.1 Å². The van der Waals surface area contributed by atoms with Crippen LogP contribution in [0.5, 0.6) is 0 Å². The number of aromatic nitrogens is 3. The van der Waals surface area contributed by atoms with Gasteiger partial charge in [-0.15, -0.1) is 0 Å². The fourth-order valence-electron chi connectivity index (χ4n) is 2.94.